The summed E-state index contributed by atoms with van der Waals surface area (Å²) in [7, 11) is -1.74. The molecule has 19 heavy (non-hydrogen) atoms. The van der Waals surface area contributed by atoms with Crippen LogP contribution in [0.4, 0.5) is 0 Å². The van der Waals surface area contributed by atoms with Gasteiger partial charge in [0, 0.05) is 0 Å². The van der Waals surface area contributed by atoms with Crippen molar-refractivity contribution in [2.75, 3.05) is 0 Å². The maximum absolute atomic E-state index is 9.82. The minimum absolute atomic E-state index is 0.202. The van der Waals surface area contributed by atoms with Gasteiger partial charge in [0.2, 0.25) is 0 Å². The van der Waals surface area contributed by atoms with E-state index < -0.39 is 14.4 Å². The molecule has 1 atom stereocenters. The Labute approximate surface area is 118 Å². The number of nitrogens with zero attached hydrogens (tertiary/aromatic N) is 1. The number of aromatic nitrogens is 1. The summed E-state index contributed by atoms with van der Waals surface area (Å²) >= 11 is 0. The van der Waals surface area contributed by atoms with Gasteiger partial charge in [0.1, 0.15) is 0 Å². The monoisotopic (exact) mass is 281 g/mol. The van der Waals surface area contributed by atoms with Crippen LogP contribution in [0.5, 0.6) is 0 Å². The van der Waals surface area contributed by atoms with E-state index >= 15 is 0 Å². The van der Waals surface area contributed by atoms with Crippen LogP contribution >= 0.6 is 0 Å². The van der Waals surface area contributed by atoms with E-state index in [2.05, 4.69) is 38.8 Å². The Bertz CT molecular complexity index is 413. The number of hydrogen-bond acceptors (Lipinski definition) is 3. The van der Waals surface area contributed by atoms with E-state index in [1.165, 1.54) is 0 Å². The molecule has 3 nitrogen and oxygen atoms in total. The molecule has 0 aliphatic heterocycles. The highest BCUT2D eigenvalue weighted by Crippen LogP contribution is 2.36. The lowest BCUT2D eigenvalue weighted by atomic mass is 10.2. The number of aliphatic hydroxyl groups is 1. The molecule has 0 fully saturated rings. The van der Waals surface area contributed by atoms with Gasteiger partial charge >= 0.3 is 0 Å². The van der Waals surface area contributed by atoms with Gasteiger partial charge < -0.3 is 9.53 Å². The molecule has 1 rings (SSSR count). The minimum Gasteiger partial charge on any atom is -0.411 e. The van der Waals surface area contributed by atoms with Crippen LogP contribution in [0.2, 0.25) is 18.1 Å². The second-order valence-corrected chi connectivity index (χ2v) is 11.3. The van der Waals surface area contributed by atoms with Gasteiger partial charge in [-0.25, -0.2) is 0 Å². The third-order valence-corrected chi connectivity index (χ3v) is 8.42. The fraction of sp³-hybridized carbons (Fsp3) is 0.667. The van der Waals surface area contributed by atoms with Gasteiger partial charge in [0.25, 0.3) is 0 Å². The average molecular weight is 281 g/mol. The summed E-state index contributed by atoms with van der Waals surface area (Å²) in [5, 5.41) is 10.0. The first-order valence-electron chi connectivity index (χ1n) is 6.95. The molecule has 1 heterocycles. The molecule has 1 aromatic heterocycles. The van der Waals surface area contributed by atoms with E-state index in [-0.39, 0.29) is 5.04 Å². The molecule has 1 N–H and O–H groups in total. The van der Waals surface area contributed by atoms with Crippen molar-refractivity contribution in [3.8, 4) is 0 Å². The maximum Gasteiger partial charge on any atom is 0.192 e. The van der Waals surface area contributed by atoms with Crippen molar-refractivity contribution < 1.29 is 9.53 Å². The molecule has 0 radical (unpaired) electrons. The van der Waals surface area contributed by atoms with E-state index in [1.807, 2.05) is 25.1 Å². The summed E-state index contributed by atoms with van der Waals surface area (Å²) < 4.78 is 6.14. The molecule has 0 spiro atoms. The predicted octanol–water partition coefficient (Wildman–Crippen LogP) is 4.05. The summed E-state index contributed by atoms with van der Waals surface area (Å²) in [6.07, 6.45) is 0.201. The Balaban J connectivity index is 2.74. The average Bonchev–Trinajstić information content (AvgIpc) is 2.34. The van der Waals surface area contributed by atoms with E-state index in [0.717, 1.165) is 11.4 Å². The van der Waals surface area contributed by atoms with Crippen molar-refractivity contribution in [1.29, 1.82) is 0 Å². The van der Waals surface area contributed by atoms with E-state index in [1.54, 1.807) is 0 Å². The Hall–Kier alpha value is -0.713. The Kier molecular flexibility index (Phi) is 5.30. The van der Waals surface area contributed by atoms with Crippen molar-refractivity contribution in [2.45, 2.75) is 65.0 Å². The topological polar surface area (TPSA) is 42.4 Å². The number of rotatable bonds is 5. The fourth-order valence-corrected chi connectivity index (χ4v) is 2.39. The van der Waals surface area contributed by atoms with E-state index in [9.17, 15) is 5.11 Å². The third kappa shape index (κ3) is 4.40. The molecule has 0 bridgehead atoms. The first kappa shape index (κ1) is 16.3. The van der Waals surface area contributed by atoms with E-state index in [0.29, 0.717) is 13.0 Å². The summed E-state index contributed by atoms with van der Waals surface area (Å²) in [5.41, 5.74) is 1.63. The van der Waals surface area contributed by atoms with Crippen LogP contribution in [0.3, 0.4) is 0 Å². The van der Waals surface area contributed by atoms with Crippen molar-refractivity contribution in [1.82, 2.24) is 4.98 Å². The smallest absolute Gasteiger partial charge is 0.192 e. The lowest BCUT2D eigenvalue weighted by molar-refractivity contribution is 0.168. The second kappa shape index (κ2) is 6.16. The Morgan fingerprint density at radius 1 is 1.32 bits per heavy atom. The molecule has 0 aromatic carbocycles. The molecule has 0 aliphatic carbocycles. The summed E-state index contributed by atoms with van der Waals surface area (Å²) in [5.74, 6) is 0. The molecule has 0 aliphatic rings. The zero-order valence-electron chi connectivity index (χ0n) is 13.0. The van der Waals surface area contributed by atoms with Gasteiger partial charge in [0.15, 0.2) is 8.32 Å². The van der Waals surface area contributed by atoms with Crippen LogP contribution in [0.25, 0.3) is 0 Å². The molecule has 1 unspecified atom stereocenters. The first-order chi connectivity index (χ1) is 8.67. The van der Waals surface area contributed by atoms with Gasteiger partial charge in [-0.2, -0.15) is 0 Å². The van der Waals surface area contributed by atoms with Crippen molar-refractivity contribution in [3.05, 3.63) is 29.6 Å². The van der Waals surface area contributed by atoms with Crippen LogP contribution in [0, 0.1) is 0 Å². The van der Waals surface area contributed by atoms with Crippen LogP contribution in [0.1, 0.15) is 51.6 Å². The molecular formula is C15H27NO2Si. The molecule has 1 aromatic rings. The molecule has 4 heteroatoms. The predicted molar refractivity (Wildman–Crippen MR) is 81.5 cm³/mol. The van der Waals surface area contributed by atoms with Gasteiger partial charge in [-0.1, -0.05) is 33.8 Å². The number of aliphatic hydroxyl groups excluding tert-OH is 1. The molecule has 108 valence electrons. The van der Waals surface area contributed by atoms with Crippen LogP contribution in [0.15, 0.2) is 18.2 Å². The van der Waals surface area contributed by atoms with Crippen molar-refractivity contribution >= 4 is 8.32 Å². The molecule has 0 amide bonds. The highest BCUT2D eigenvalue weighted by Gasteiger charge is 2.37. The lowest BCUT2D eigenvalue weighted by Gasteiger charge is -2.36. The Morgan fingerprint density at radius 2 is 1.95 bits per heavy atom. The largest absolute Gasteiger partial charge is 0.411 e. The minimum atomic E-state index is -1.74. The van der Waals surface area contributed by atoms with Crippen LogP contribution < -0.4 is 0 Å². The molecular weight excluding hydrogens is 254 g/mol. The molecule has 0 saturated heterocycles. The molecule has 0 saturated carbocycles. The highest BCUT2D eigenvalue weighted by atomic mass is 28.4. The Morgan fingerprint density at radius 3 is 2.47 bits per heavy atom. The SMILES string of the molecule is CCC(O)c1cccc(CO[Si](C)(C)C(C)(C)C)n1. The van der Waals surface area contributed by atoms with Gasteiger partial charge in [-0.3, -0.25) is 4.98 Å². The lowest BCUT2D eigenvalue weighted by Crippen LogP contribution is -2.40. The zero-order valence-corrected chi connectivity index (χ0v) is 14.0. The van der Waals surface area contributed by atoms with Gasteiger partial charge in [-0.15, -0.1) is 0 Å². The zero-order chi connectivity index (χ0) is 14.7. The fourth-order valence-electron chi connectivity index (χ4n) is 1.44. The standard InChI is InChI=1S/C15H27NO2Si/c1-7-14(17)13-10-8-9-12(16-13)11-18-19(5,6)15(2,3)4/h8-10,14,17H,7,11H2,1-6H3. The van der Waals surface area contributed by atoms with Crippen LogP contribution in [-0.2, 0) is 11.0 Å². The maximum atomic E-state index is 9.82. The van der Waals surface area contributed by atoms with Gasteiger partial charge in [0.05, 0.1) is 24.1 Å². The highest BCUT2D eigenvalue weighted by molar-refractivity contribution is 6.74. The van der Waals surface area contributed by atoms with Gasteiger partial charge in [-0.05, 0) is 36.7 Å². The second-order valence-electron chi connectivity index (χ2n) is 6.53. The number of hydrogen-bond donors (Lipinski definition) is 1. The van der Waals surface area contributed by atoms with Crippen molar-refractivity contribution in [2.24, 2.45) is 0 Å². The van der Waals surface area contributed by atoms with Crippen molar-refractivity contribution in [3.63, 3.8) is 0 Å². The normalized spacial score (nSPS) is 14.5. The summed E-state index contributed by atoms with van der Waals surface area (Å²) in [4.78, 5) is 4.48. The van der Waals surface area contributed by atoms with Crippen LogP contribution in [-0.4, -0.2) is 18.4 Å². The first-order valence-corrected chi connectivity index (χ1v) is 9.86. The summed E-state index contributed by atoms with van der Waals surface area (Å²) in [6.45, 7) is 13.6. The quantitative estimate of drug-likeness (QED) is 0.828. The third-order valence-electron chi connectivity index (χ3n) is 3.94. The number of pyridine rings is 1. The van der Waals surface area contributed by atoms with E-state index in [4.69, 9.17) is 4.43 Å². The summed E-state index contributed by atoms with van der Waals surface area (Å²) in [6, 6.07) is 5.76.